The minimum absolute atomic E-state index is 0.000308. The van der Waals surface area contributed by atoms with Crippen molar-refractivity contribution < 1.29 is 13.6 Å². The predicted molar refractivity (Wildman–Crippen MR) is 123 cm³/mol. The van der Waals surface area contributed by atoms with Crippen LogP contribution in [-0.4, -0.2) is 51.5 Å². The molecule has 1 aromatic carbocycles. The van der Waals surface area contributed by atoms with Gasteiger partial charge in [-0.3, -0.25) is 4.79 Å². The van der Waals surface area contributed by atoms with E-state index in [9.17, 15) is 13.6 Å². The van der Waals surface area contributed by atoms with Crippen molar-refractivity contribution in [3.8, 4) is 6.07 Å². The van der Waals surface area contributed by atoms with Gasteiger partial charge in [-0.2, -0.15) is 5.26 Å². The van der Waals surface area contributed by atoms with Gasteiger partial charge in [0.25, 0.3) is 5.91 Å². The number of nitriles is 1. The van der Waals surface area contributed by atoms with Gasteiger partial charge in [-0.15, -0.1) is 0 Å². The first-order valence-corrected chi connectivity index (χ1v) is 11.3. The monoisotopic (exact) mass is 464 g/mol. The molecule has 0 unspecified atom stereocenters. The Morgan fingerprint density at radius 3 is 2.53 bits per heavy atom. The highest BCUT2D eigenvalue weighted by molar-refractivity contribution is 5.95. The second-order valence-corrected chi connectivity index (χ2v) is 10.5. The molecule has 3 heterocycles. The maximum absolute atomic E-state index is 14.3. The Balaban J connectivity index is 1.26. The van der Waals surface area contributed by atoms with Crippen LogP contribution in [0, 0.1) is 28.4 Å². The topological polar surface area (TPSA) is 78.1 Å². The zero-order chi connectivity index (χ0) is 24.4. The molecule has 9 heteroatoms. The first-order chi connectivity index (χ1) is 16.0. The molecule has 5 rings (SSSR count). The molecule has 0 N–H and O–H groups in total. The van der Waals surface area contributed by atoms with E-state index >= 15 is 0 Å². The number of likely N-dealkylation sites (tertiary alicyclic amines) is 1. The minimum Gasteiger partial charge on any atom is -0.356 e. The van der Waals surface area contributed by atoms with Crippen LogP contribution in [-0.2, 0) is 5.54 Å². The Morgan fingerprint density at radius 2 is 1.88 bits per heavy atom. The van der Waals surface area contributed by atoms with E-state index in [1.54, 1.807) is 17.3 Å². The fraction of sp³-hybridized carbons (Fsp3) is 0.440. The Labute approximate surface area is 196 Å². The smallest absolute Gasteiger partial charge is 0.256 e. The van der Waals surface area contributed by atoms with Gasteiger partial charge in [0.1, 0.15) is 23.9 Å². The summed E-state index contributed by atoms with van der Waals surface area (Å²) in [6, 6.07) is 6.24. The number of hydrogen-bond acceptors (Lipinski definition) is 5. The second kappa shape index (κ2) is 7.49. The molecule has 0 radical (unpaired) electrons. The zero-order valence-corrected chi connectivity index (χ0v) is 19.6. The van der Waals surface area contributed by atoms with Crippen LogP contribution in [0.5, 0.6) is 0 Å². The number of fused-ring (bicyclic) bond motifs is 1. The summed E-state index contributed by atoms with van der Waals surface area (Å²) in [7, 11) is 2.03. The van der Waals surface area contributed by atoms with E-state index in [1.165, 1.54) is 6.07 Å². The molecule has 3 aromatic rings. The number of halogens is 2. The minimum atomic E-state index is -1.27. The molecule has 1 saturated heterocycles. The van der Waals surface area contributed by atoms with Crippen molar-refractivity contribution in [1.82, 2.24) is 19.4 Å². The van der Waals surface area contributed by atoms with Gasteiger partial charge in [0.2, 0.25) is 0 Å². The van der Waals surface area contributed by atoms with Crippen LogP contribution in [0.1, 0.15) is 49.5 Å². The van der Waals surface area contributed by atoms with Crippen LogP contribution in [0.25, 0.3) is 11.0 Å². The first kappa shape index (κ1) is 22.3. The fourth-order valence-corrected chi connectivity index (χ4v) is 5.28. The highest BCUT2D eigenvalue weighted by Gasteiger charge is 2.55. The lowest BCUT2D eigenvalue weighted by Crippen LogP contribution is -2.67. The standard InChI is InChI=1S/C25H26F2N6O/c1-24(2,3)33-8-7-18-21(29-14-30-22(18)33)31(4)16-9-25(10-16)12-32(13-25)23(34)17-6-5-15(11-28)19(26)20(17)27/h5-8,14,16H,9-10,12-13H2,1-4H3. The normalized spacial score (nSPS) is 17.4. The summed E-state index contributed by atoms with van der Waals surface area (Å²) in [5.41, 5.74) is 0.0722. The van der Waals surface area contributed by atoms with Crippen molar-refractivity contribution in [2.75, 3.05) is 25.0 Å². The quantitative estimate of drug-likeness (QED) is 0.584. The van der Waals surface area contributed by atoms with Crippen molar-refractivity contribution in [3.63, 3.8) is 0 Å². The molecule has 1 aliphatic heterocycles. The molecule has 176 valence electrons. The summed E-state index contributed by atoms with van der Waals surface area (Å²) in [6.07, 6.45) is 5.42. The van der Waals surface area contributed by atoms with Crippen molar-refractivity contribution in [3.05, 3.63) is 53.5 Å². The van der Waals surface area contributed by atoms with Crippen molar-refractivity contribution in [2.45, 2.75) is 45.2 Å². The molecule has 2 aromatic heterocycles. The Morgan fingerprint density at radius 1 is 1.18 bits per heavy atom. The van der Waals surface area contributed by atoms with Gasteiger partial charge in [-0.1, -0.05) is 0 Å². The fourth-order valence-electron chi connectivity index (χ4n) is 5.28. The summed E-state index contributed by atoms with van der Waals surface area (Å²) in [6.45, 7) is 7.42. The highest BCUT2D eigenvalue weighted by atomic mass is 19.2. The third-order valence-corrected chi connectivity index (χ3v) is 7.18. The molecule has 0 atom stereocenters. The molecular formula is C25H26F2N6O. The Hall–Kier alpha value is -3.54. The number of rotatable bonds is 3. The lowest BCUT2D eigenvalue weighted by molar-refractivity contribution is -0.0543. The zero-order valence-electron chi connectivity index (χ0n) is 19.6. The third-order valence-electron chi connectivity index (χ3n) is 7.18. The summed E-state index contributed by atoms with van der Waals surface area (Å²) >= 11 is 0. The van der Waals surface area contributed by atoms with E-state index in [0.717, 1.165) is 35.8 Å². The molecule has 7 nitrogen and oxygen atoms in total. The third kappa shape index (κ3) is 3.31. The van der Waals surface area contributed by atoms with E-state index in [2.05, 4.69) is 46.3 Å². The number of nitrogens with zero attached hydrogens (tertiary/aromatic N) is 6. The number of carbonyl (C=O) groups is 1. The van der Waals surface area contributed by atoms with Gasteiger partial charge in [0, 0.05) is 43.3 Å². The number of anilines is 1. The van der Waals surface area contributed by atoms with E-state index in [1.807, 2.05) is 13.2 Å². The van der Waals surface area contributed by atoms with E-state index in [-0.39, 0.29) is 22.6 Å². The number of carbonyl (C=O) groups excluding carboxylic acids is 1. The summed E-state index contributed by atoms with van der Waals surface area (Å²) < 4.78 is 30.3. The molecule has 2 aliphatic rings. The van der Waals surface area contributed by atoms with Crippen molar-refractivity contribution in [1.29, 1.82) is 5.26 Å². The average Bonchev–Trinajstić information content (AvgIpc) is 3.18. The van der Waals surface area contributed by atoms with E-state index < -0.39 is 23.1 Å². The summed E-state index contributed by atoms with van der Waals surface area (Å²) in [4.78, 5) is 25.5. The molecule has 1 saturated carbocycles. The maximum atomic E-state index is 14.3. The van der Waals surface area contributed by atoms with Gasteiger partial charge >= 0.3 is 0 Å². The van der Waals surface area contributed by atoms with Crippen LogP contribution in [0.3, 0.4) is 0 Å². The highest BCUT2D eigenvalue weighted by Crippen LogP contribution is 2.51. The van der Waals surface area contributed by atoms with Crippen LogP contribution in [0.15, 0.2) is 30.7 Å². The van der Waals surface area contributed by atoms with Crippen molar-refractivity contribution in [2.24, 2.45) is 5.41 Å². The Kier molecular flexibility index (Phi) is 4.90. The Bertz CT molecular complexity index is 1340. The number of benzene rings is 1. The molecule has 0 bridgehead atoms. The molecule has 34 heavy (non-hydrogen) atoms. The van der Waals surface area contributed by atoms with Gasteiger partial charge in [-0.25, -0.2) is 18.7 Å². The summed E-state index contributed by atoms with van der Waals surface area (Å²) in [5.74, 6) is -2.18. The summed E-state index contributed by atoms with van der Waals surface area (Å²) in [5, 5.41) is 9.83. The molecular weight excluding hydrogens is 438 g/mol. The average molecular weight is 465 g/mol. The number of hydrogen-bond donors (Lipinski definition) is 0. The number of amides is 1. The lowest BCUT2D eigenvalue weighted by atomic mass is 9.60. The van der Waals surface area contributed by atoms with Crippen LogP contribution in [0.4, 0.5) is 14.6 Å². The van der Waals surface area contributed by atoms with Crippen LogP contribution < -0.4 is 4.90 Å². The second-order valence-electron chi connectivity index (χ2n) is 10.5. The van der Waals surface area contributed by atoms with Crippen molar-refractivity contribution >= 4 is 22.8 Å². The molecule has 1 spiro atoms. The molecule has 1 amide bonds. The van der Waals surface area contributed by atoms with Gasteiger partial charge in [0.05, 0.1) is 16.5 Å². The largest absolute Gasteiger partial charge is 0.356 e. The first-order valence-electron chi connectivity index (χ1n) is 11.3. The van der Waals surface area contributed by atoms with Crippen LogP contribution in [0.2, 0.25) is 0 Å². The van der Waals surface area contributed by atoms with Gasteiger partial charge < -0.3 is 14.4 Å². The van der Waals surface area contributed by atoms with Crippen LogP contribution >= 0.6 is 0 Å². The predicted octanol–water partition coefficient (Wildman–Crippen LogP) is 4.08. The maximum Gasteiger partial charge on any atom is 0.256 e. The van der Waals surface area contributed by atoms with Gasteiger partial charge in [-0.05, 0) is 51.8 Å². The SMILES string of the molecule is CN(c1ncnc2c1ccn2C(C)(C)C)C1CC2(C1)CN(C(=O)c1ccc(C#N)c(F)c1F)C2. The molecule has 2 fully saturated rings. The number of aromatic nitrogens is 3. The lowest BCUT2D eigenvalue weighted by Gasteiger charge is -2.60. The molecule has 1 aliphatic carbocycles. The van der Waals surface area contributed by atoms with Gasteiger partial charge in [0.15, 0.2) is 11.6 Å². The van der Waals surface area contributed by atoms with E-state index in [0.29, 0.717) is 13.1 Å². The van der Waals surface area contributed by atoms with E-state index in [4.69, 9.17) is 5.26 Å².